The third-order valence-corrected chi connectivity index (χ3v) is 3.26. The normalized spacial score (nSPS) is 16.3. The molecule has 2 aromatic rings. The number of hydrazone groups is 1. The molecular weight excluding hydrogens is 288 g/mol. The Morgan fingerprint density at radius 3 is 2.13 bits per heavy atom. The Kier molecular flexibility index (Phi) is 4.83. The predicted octanol–water partition coefficient (Wildman–Crippen LogP) is 2.19. The molecule has 3 rings (SSSR count). The van der Waals surface area contributed by atoms with Crippen molar-refractivity contribution >= 4 is 24.5 Å². The highest BCUT2D eigenvalue weighted by molar-refractivity contribution is 5.82. The summed E-state index contributed by atoms with van der Waals surface area (Å²) in [7, 11) is 1.86. The van der Waals surface area contributed by atoms with Gasteiger partial charge in [-0.25, -0.2) is 9.97 Å². The van der Waals surface area contributed by atoms with Crippen molar-refractivity contribution in [3.63, 3.8) is 0 Å². The van der Waals surface area contributed by atoms with Gasteiger partial charge in [0.25, 0.3) is 0 Å². The van der Waals surface area contributed by atoms with Gasteiger partial charge < -0.3 is 0 Å². The average Bonchev–Trinajstić information content (AvgIpc) is 2.59. The largest absolute Gasteiger partial charge is 0.291 e. The zero-order chi connectivity index (χ0) is 15.9. The van der Waals surface area contributed by atoms with Gasteiger partial charge in [0.1, 0.15) is 5.82 Å². The van der Waals surface area contributed by atoms with Gasteiger partial charge >= 0.3 is 0 Å². The van der Waals surface area contributed by atoms with Crippen LogP contribution in [0.5, 0.6) is 0 Å². The molecular formula is C17H18N6. The molecule has 6 nitrogen and oxygen atoms in total. The van der Waals surface area contributed by atoms with Crippen molar-refractivity contribution in [2.45, 2.75) is 6.42 Å². The molecule has 0 unspecified atom stereocenters. The minimum Gasteiger partial charge on any atom is -0.291 e. The van der Waals surface area contributed by atoms with Gasteiger partial charge in [-0.1, -0.05) is 12.1 Å². The zero-order valence-corrected chi connectivity index (χ0v) is 13.0. The fourth-order valence-corrected chi connectivity index (χ4v) is 2.08. The fourth-order valence-electron chi connectivity index (χ4n) is 2.08. The van der Waals surface area contributed by atoms with Crippen molar-refractivity contribution in [3.05, 3.63) is 53.5 Å². The quantitative estimate of drug-likeness (QED) is 0.749. The molecule has 6 heteroatoms. The lowest BCUT2D eigenvalue weighted by Gasteiger charge is -2.11. The first-order valence-electron chi connectivity index (χ1n) is 7.53. The van der Waals surface area contributed by atoms with Crippen LogP contribution in [0.4, 0.5) is 5.82 Å². The lowest BCUT2D eigenvalue weighted by molar-refractivity contribution is 0.850. The maximum absolute atomic E-state index is 4.53. The SMILES string of the molecule is CN1/N=C/c2cccc(n2)C=NCCCN=Cc2cccc1n2. The molecule has 4 bridgehead atoms. The monoisotopic (exact) mass is 306 g/mol. The molecule has 0 saturated heterocycles. The van der Waals surface area contributed by atoms with Crippen LogP contribution < -0.4 is 5.01 Å². The van der Waals surface area contributed by atoms with Crippen molar-refractivity contribution in [2.75, 3.05) is 25.1 Å². The summed E-state index contributed by atoms with van der Waals surface area (Å²) >= 11 is 0. The zero-order valence-electron chi connectivity index (χ0n) is 13.0. The molecule has 2 aromatic heterocycles. The Bertz CT molecular complexity index is 750. The van der Waals surface area contributed by atoms with Crippen molar-refractivity contribution < 1.29 is 0 Å². The topological polar surface area (TPSA) is 66.1 Å². The van der Waals surface area contributed by atoms with E-state index in [4.69, 9.17) is 0 Å². The molecule has 0 aromatic carbocycles. The highest BCUT2D eigenvalue weighted by Gasteiger charge is 2.01. The summed E-state index contributed by atoms with van der Waals surface area (Å²) in [5, 5.41) is 6.11. The van der Waals surface area contributed by atoms with Crippen molar-refractivity contribution in [3.8, 4) is 0 Å². The van der Waals surface area contributed by atoms with Gasteiger partial charge in [-0.3, -0.25) is 15.0 Å². The number of anilines is 1. The smallest absolute Gasteiger partial charge is 0.149 e. The lowest BCUT2D eigenvalue weighted by Crippen LogP contribution is -2.12. The van der Waals surface area contributed by atoms with E-state index < -0.39 is 0 Å². The van der Waals surface area contributed by atoms with Crippen LogP contribution in [0.2, 0.25) is 0 Å². The summed E-state index contributed by atoms with van der Waals surface area (Å²) in [6, 6.07) is 11.6. The summed E-state index contributed by atoms with van der Waals surface area (Å²) in [5.41, 5.74) is 2.43. The van der Waals surface area contributed by atoms with E-state index in [2.05, 4.69) is 25.1 Å². The number of hydrogen-bond acceptors (Lipinski definition) is 6. The number of rotatable bonds is 0. The fraction of sp³-hybridized carbons (Fsp3) is 0.235. The van der Waals surface area contributed by atoms with E-state index in [1.165, 1.54) is 0 Å². The molecule has 0 aliphatic carbocycles. The number of nitrogens with zero attached hydrogens (tertiary/aromatic N) is 6. The molecule has 3 heterocycles. The first-order chi connectivity index (χ1) is 11.3. The third kappa shape index (κ3) is 4.29. The van der Waals surface area contributed by atoms with Crippen molar-refractivity contribution in [1.82, 2.24) is 9.97 Å². The van der Waals surface area contributed by atoms with Crippen LogP contribution in [-0.2, 0) is 0 Å². The number of aromatic nitrogens is 2. The van der Waals surface area contributed by atoms with E-state index in [0.717, 1.165) is 42.4 Å². The maximum atomic E-state index is 4.53. The number of aliphatic imine (C=N–C) groups is 2. The summed E-state index contributed by atoms with van der Waals surface area (Å²) < 4.78 is 0. The number of pyridine rings is 2. The minimum absolute atomic E-state index is 0.727. The van der Waals surface area contributed by atoms with Gasteiger partial charge in [-0.05, 0) is 30.7 Å². The molecule has 0 spiro atoms. The third-order valence-electron chi connectivity index (χ3n) is 3.26. The molecule has 23 heavy (non-hydrogen) atoms. The second kappa shape index (κ2) is 7.40. The Labute approximate surface area is 135 Å². The predicted molar refractivity (Wildman–Crippen MR) is 94.0 cm³/mol. The number of fused-ring (bicyclic) bond motifs is 4. The Morgan fingerprint density at radius 1 is 0.783 bits per heavy atom. The summed E-state index contributed by atoms with van der Waals surface area (Å²) in [5.74, 6) is 0.759. The minimum atomic E-state index is 0.727. The first kappa shape index (κ1) is 15.0. The van der Waals surface area contributed by atoms with Gasteiger partial charge in [-0.2, -0.15) is 5.10 Å². The van der Waals surface area contributed by atoms with Crippen LogP contribution >= 0.6 is 0 Å². The Balaban J connectivity index is 1.93. The van der Waals surface area contributed by atoms with E-state index in [-0.39, 0.29) is 0 Å². The molecule has 0 radical (unpaired) electrons. The standard InChI is InChI=1S/C17H18N6/c1-23-17-8-3-7-15(22-17)12-19-10-4-9-18-11-14-5-2-6-16(21-14)13-20-23/h2-3,5-8,11-13H,4,9-10H2,1H3/b18-11?,19-12?,20-13+. The molecule has 0 atom stereocenters. The molecule has 0 saturated carbocycles. The molecule has 0 fully saturated rings. The Morgan fingerprint density at radius 2 is 1.39 bits per heavy atom. The van der Waals surface area contributed by atoms with E-state index in [1.54, 1.807) is 23.7 Å². The summed E-state index contributed by atoms with van der Waals surface area (Å²) in [6.07, 6.45) is 6.20. The molecule has 0 amide bonds. The first-order valence-corrected chi connectivity index (χ1v) is 7.53. The maximum Gasteiger partial charge on any atom is 0.149 e. The molecule has 116 valence electrons. The van der Waals surface area contributed by atoms with Crippen LogP contribution in [-0.4, -0.2) is 48.7 Å². The molecule has 0 N–H and O–H groups in total. The summed E-state index contributed by atoms with van der Waals surface area (Å²) in [6.45, 7) is 1.46. The van der Waals surface area contributed by atoms with E-state index in [9.17, 15) is 0 Å². The van der Waals surface area contributed by atoms with Crippen molar-refractivity contribution in [1.29, 1.82) is 0 Å². The second-order valence-corrected chi connectivity index (χ2v) is 5.10. The van der Waals surface area contributed by atoms with E-state index in [1.807, 2.05) is 43.4 Å². The average molecular weight is 306 g/mol. The van der Waals surface area contributed by atoms with Crippen LogP contribution in [0.1, 0.15) is 23.5 Å². The molecule has 1 aliphatic heterocycles. The van der Waals surface area contributed by atoms with E-state index in [0.29, 0.717) is 0 Å². The van der Waals surface area contributed by atoms with Crippen molar-refractivity contribution in [2.24, 2.45) is 15.1 Å². The van der Waals surface area contributed by atoms with Crippen LogP contribution in [0.25, 0.3) is 0 Å². The van der Waals surface area contributed by atoms with Gasteiger partial charge in [-0.15, -0.1) is 0 Å². The van der Waals surface area contributed by atoms with Gasteiger partial charge in [0.05, 0.1) is 23.3 Å². The van der Waals surface area contributed by atoms with Gasteiger partial charge in [0.15, 0.2) is 0 Å². The Hall–Kier alpha value is -2.89. The molecule has 1 aliphatic rings. The van der Waals surface area contributed by atoms with Crippen LogP contribution in [0, 0.1) is 0 Å². The van der Waals surface area contributed by atoms with Crippen LogP contribution in [0.3, 0.4) is 0 Å². The van der Waals surface area contributed by atoms with Crippen LogP contribution in [0.15, 0.2) is 51.5 Å². The number of hydrogen-bond donors (Lipinski definition) is 0. The summed E-state index contributed by atoms with van der Waals surface area (Å²) in [4.78, 5) is 17.8. The highest BCUT2D eigenvalue weighted by Crippen LogP contribution is 2.09. The van der Waals surface area contributed by atoms with Gasteiger partial charge in [0, 0.05) is 32.6 Å². The van der Waals surface area contributed by atoms with Gasteiger partial charge in [0.2, 0.25) is 0 Å². The highest BCUT2D eigenvalue weighted by atomic mass is 15.5. The van der Waals surface area contributed by atoms with E-state index >= 15 is 0 Å². The second-order valence-electron chi connectivity index (χ2n) is 5.10. The lowest BCUT2D eigenvalue weighted by atomic mass is 10.3.